The van der Waals surface area contributed by atoms with E-state index >= 15 is 0 Å². The summed E-state index contributed by atoms with van der Waals surface area (Å²) in [5.41, 5.74) is 0.296. The molecule has 0 aromatic rings. The van der Waals surface area contributed by atoms with Crippen molar-refractivity contribution in [3.63, 3.8) is 0 Å². The molecule has 1 aliphatic carbocycles. The van der Waals surface area contributed by atoms with Crippen molar-refractivity contribution in [1.29, 1.82) is 0 Å². The Morgan fingerprint density at radius 1 is 1.35 bits per heavy atom. The molecule has 1 saturated heterocycles. The number of rotatable bonds is 3. The molecular formula is C20H34ClNO. The van der Waals surface area contributed by atoms with Crippen molar-refractivity contribution in [3.05, 3.63) is 12.7 Å². The van der Waals surface area contributed by atoms with Gasteiger partial charge in [0.25, 0.3) is 0 Å². The van der Waals surface area contributed by atoms with E-state index in [2.05, 4.69) is 39.2 Å². The molecule has 0 spiro atoms. The van der Waals surface area contributed by atoms with Gasteiger partial charge in [-0.2, -0.15) is 0 Å². The summed E-state index contributed by atoms with van der Waals surface area (Å²) in [4.78, 5) is 15.2. The molecule has 0 aromatic heterocycles. The number of alkyl halides is 1. The maximum Gasteiger partial charge on any atom is 0.226 e. The summed E-state index contributed by atoms with van der Waals surface area (Å²) in [6, 6.07) is 0. The Labute approximate surface area is 147 Å². The molecule has 0 radical (unpaired) electrons. The molecule has 2 aliphatic rings. The van der Waals surface area contributed by atoms with Gasteiger partial charge in [0.1, 0.15) is 0 Å². The van der Waals surface area contributed by atoms with Crippen LogP contribution in [-0.4, -0.2) is 29.8 Å². The minimum Gasteiger partial charge on any atom is -0.342 e. The summed E-state index contributed by atoms with van der Waals surface area (Å²) in [6.45, 7) is 15.0. The lowest BCUT2D eigenvalue weighted by Gasteiger charge is -2.42. The highest BCUT2D eigenvalue weighted by molar-refractivity contribution is 6.18. The molecule has 1 aliphatic heterocycles. The van der Waals surface area contributed by atoms with Crippen LogP contribution in [0.5, 0.6) is 0 Å². The third kappa shape index (κ3) is 4.13. The van der Waals surface area contributed by atoms with Crippen molar-refractivity contribution in [2.45, 2.75) is 53.4 Å². The van der Waals surface area contributed by atoms with Gasteiger partial charge in [0.2, 0.25) is 5.91 Å². The molecule has 0 bridgehead atoms. The maximum atomic E-state index is 13.1. The van der Waals surface area contributed by atoms with Gasteiger partial charge in [-0.05, 0) is 54.8 Å². The monoisotopic (exact) mass is 339 g/mol. The first-order chi connectivity index (χ1) is 10.8. The van der Waals surface area contributed by atoms with Crippen LogP contribution in [0.2, 0.25) is 0 Å². The van der Waals surface area contributed by atoms with Gasteiger partial charge in [-0.15, -0.1) is 18.2 Å². The van der Waals surface area contributed by atoms with Gasteiger partial charge in [0, 0.05) is 24.9 Å². The molecular weight excluding hydrogens is 306 g/mol. The molecule has 1 heterocycles. The van der Waals surface area contributed by atoms with E-state index in [0.717, 1.165) is 38.8 Å². The van der Waals surface area contributed by atoms with Crippen LogP contribution in [0.1, 0.15) is 53.4 Å². The highest BCUT2D eigenvalue weighted by Gasteiger charge is 2.40. The Hall–Kier alpha value is -0.500. The van der Waals surface area contributed by atoms with E-state index in [-0.39, 0.29) is 5.92 Å². The first-order valence-corrected chi connectivity index (χ1v) is 9.81. The van der Waals surface area contributed by atoms with E-state index in [4.69, 9.17) is 11.6 Å². The number of carbonyl (C=O) groups excluding carboxylic acids is 1. The lowest BCUT2D eigenvalue weighted by Crippen LogP contribution is -2.42. The molecule has 0 N–H and O–H groups in total. The summed E-state index contributed by atoms with van der Waals surface area (Å²) in [6.07, 6.45) is 6.23. The van der Waals surface area contributed by atoms with Gasteiger partial charge in [-0.25, -0.2) is 0 Å². The first kappa shape index (κ1) is 18.8. The molecule has 23 heavy (non-hydrogen) atoms. The Kier molecular flexibility index (Phi) is 6.22. The second-order valence-electron chi connectivity index (χ2n) is 8.62. The number of likely N-dealkylation sites (tertiary alicyclic amines) is 1. The minimum absolute atomic E-state index is 0.102. The van der Waals surface area contributed by atoms with Crippen LogP contribution in [0.4, 0.5) is 0 Å². The van der Waals surface area contributed by atoms with Crippen LogP contribution >= 0.6 is 11.6 Å². The highest BCUT2D eigenvalue weighted by atomic mass is 35.5. The Balaban J connectivity index is 2.14. The lowest BCUT2D eigenvalue weighted by molar-refractivity contribution is -0.137. The molecule has 132 valence electrons. The summed E-state index contributed by atoms with van der Waals surface area (Å²) in [7, 11) is 0. The quantitative estimate of drug-likeness (QED) is 0.525. The second-order valence-corrected chi connectivity index (χ2v) is 8.93. The van der Waals surface area contributed by atoms with Crippen molar-refractivity contribution >= 4 is 17.5 Å². The SMILES string of the molecule is C=C[C@H]1CCN(C(=O)C2CCC(C)(C)C(C)C(C)CC2CCl)C1. The molecule has 2 nitrogen and oxygen atoms in total. The van der Waals surface area contributed by atoms with Gasteiger partial charge >= 0.3 is 0 Å². The second kappa shape index (κ2) is 7.59. The van der Waals surface area contributed by atoms with E-state index in [9.17, 15) is 4.79 Å². The topological polar surface area (TPSA) is 20.3 Å². The number of hydrogen-bond donors (Lipinski definition) is 0. The van der Waals surface area contributed by atoms with Crippen molar-refractivity contribution in [2.24, 2.45) is 35.0 Å². The summed E-state index contributed by atoms with van der Waals surface area (Å²) in [5.74, 6) is 3.12. The largest absolute Gasteiger partial charge is 0.342 e. The van der Waals surface area contributed by atoms with Crippen molar-refractivity contribution < 1.29 is 4.79 Å². The van der Waals surface area contributed by atoms with Crippen LogP contribution in [0.15, 0.2) is 12.7 Å². The van der Waals surface area contributed by atoms with E-state index in [1.165, 1.54) is 0 Å². The maximum absolute atomic E-state index is 13.1. The fraction of sp³-hybridized carbons (Fsp3) is 0.850. The predicted octanol–water partition coefficient (Wildman–Crippen LogP) is 4.97. The molecule has 2 rings (SSSR count). The van der Waals surface area contributed by atoms with Gasteiger partial charge in [-0.1, -0.05) is 33.8 Å². The third-order valence-electron chi connectivity index (χ3n) is 6.81. The summed E-state index contributed by atoms with van der Waals surface area (Å²) >= 11 is 6.30. The van der Waals surface area contributed by atoms with E-state index in [1.54, 1.807) is 0 Å². The van der Waals surface area contributed by atoms with Crippen molar-refractivity contribution in [1.82, 2.24) is 4.90 Å². The number of halogens is 1. The standard InChI is InChI=1S/C20H34ClNO/c1-6-16-8-10-22(13-16)19(23)18-7-9-20(4,5)15(3)14(2)11-17(18)12-21/h6,14-18H,1,7-13H2,2-5H3/t14?,15?,16-,17?,18?/m0/s1. The highest BCUT2D eigenvalue weighted by Crippen LogP contribution is 2.45. The average Bonchev–Trinajstić information content (AvgIpc) is 3.00. The minimum atomic E-state index is 0.102. The van der Waals surface area contributed by atoms with Gasteiger partial charge in [0.15, 0.2) is 0 Å². The smallest absolute Gasteiger partial charge is 0.226 e. The zero-order valence-electron chi connectivity index (χ0n) is 15.4. The first-order valence-electron chi connectivity index (χ1n) is 9.27. The van der Waals surface area contributed by atoms with Crippen LogP contribution < -0.4 is 0 Å². The molecule has 4 unspecified atom stereocenters. The molecule has 3 heteroatoms. The predicted molar refractivity (Wildman–Crippen MR) is 98.5 cm³/mol. The van der Waals surface area contributed by atoms with Crippen LogP contribution in [0, 0.1) is 35.0 Å². The molecule has 0 aromatic carbocycles. The Morgan fingerprint density at radius 3 is 2.61 bits per heavy atom. The van der Waals surface area contributed by atoms with E-state index in [0.29, 0.717) is 40.9 Å². The number of carbonyl (C=O) groups is 1. The fourth-order valence-corrected chi connectivity index (χ4v) is 4.86. The number of amides is 1. The van der Waals surface area contributed by atoms with Gasteiger partial charge in [-0.3, -0.25) is 4.79 Å². The lowest BCUT2D eigenvalue weighted by atomic mass is 9.64. The molecule has 2 fully saturated rings. The molecule has 5 atom stereocenters. The summed E-state index contributed by atoms with van der Waals surface area (Å²) < 4.78 is 0. The number of hydrogen-bond acceptors (Lipinski definition) is 1. The van der Waals surface area contributed by atoms with Crippen molar-refractivity contribution in [3.8, 4) is 0 Å². The average molecular weight is 340 g/mol. The summed E-state index contributed by atoms with van der Waals surface area (Å²) in [5, 5.41) is 0. The Morgan fingerprint density at radius 2 is 2.04 bits per heavy atom. The normalized spacial score (nSPS) is 38.0. The zero-order chi connectivity index (χ0) is 17.2. The van der Waals surface area contributed by atoms with Crippen LogP contribution in [-0.2, 0) is 4.79 Å². The van der Waals surface area contributed by atoms with Crippen LogP contribution in [0.25, 0.3) is 0 Å². The third-order valence-corrected chi connectivity index (χ3v) is 7.21. The van der Waals surface area contributed by atoms with Crippen molar-refractivity contribution in [2.75, 3.05) is 19.0 Å². The van der Waals surface area contributed by atoms with E-state index in [1.807, 2.05) is 6.08 Å². The van der Waals surface area contributed by atoms with Crippen LogP contribution in [0.3, 0.4) is 0 Å². The van der Waals surface area contributed by atoms with E-state index < -0.39 is 0 Å². The Bertz CT molecular complexity index is 433. The number of nitrogens with zero attached hydrogens (tertiary/aromatic N) is 1. The molecule has 1 saturated carbocycles. The van der Waals surface area contributed by atoms with Gasteiger partial charge < -0.3 is 4.90 Å². The fourth-order valence-electron chi connectivity index (χ4n) is 4.52. The molecule has 1 amide bonds. The van der Waals surface area contributed by atoms with Gasteiger partial charge in [0.05, 0.1) is 0 Å². The zero-order valence-corrected chi connectivity index (χ0v) is 16.1.